The summed E-state index contributed by atoms with van der Waals surface area (Å²) in [5.74, 6) is -1.20. The fraction of sp³-hybridized carbons (Fsp3) is 0.184. The van der Waals surface area contributed by atoms with Crippen molar-refractivity contribution in [2.75, 3.05) is 6.54 Å². The second-order valence-electron chi connectivity index (χ2n) is 11.9. The number of aromatic nitrogens is 2. The van der Waals surface area contributed by atoms with Crippen molar-refractivity contribution in [3.8, 4) is 10.6 Å². The van der Waals surface area contributed by atoms with E-state index < -0.39 is 16.9 Å². The third kappa shape index (κ3) is 4.62. The highest BCUT2D eigenvalue weighted by atomic mass is 32.1. The van der Waals surface area contributed by atoms with Gasteiger partial charge in [-0.2, -0.15) is 0 Å². The lowest BCUT2D eigenvalue weighted by Gasteiger charge is -2.47. The topological polar surface area (TPSA) is 75.4 Å². The van der Waals surface area contributed by atoms with Crippen LogP contribution in [0.25, 0.3) is 21.6 Å². The second kappa shape index (κ2) is 10.9. The highest BCUT2D eigenvalue weighted by Crippen LogP contribution is 2.46. The number of benzene rings is 3. The molecule has 6 aromatic rings. The number of carboxylic acid groups (broad SMARTS) is 1. The van der Waals surface area contributed by atoms with Gasteiger partial charge in [-0.3, -0.25) is 9.69 Å². The zero-order chi connectivity index (χ0) is 30.5. The van der Waals surface area contributed by atoms with Gasteiger partial charge >= 0.3 is 5.97 Å². The van der Waals surface area contributed by atoms with Gasteiger partial charge in [-0.15, -0.1) is 11.3 Å². The van der Waals surface area contributed by atoms with Gasteiger partial charge < -0.3 is 9.67 Å². The summed E-state index contributed by atoms with van der Waals surface area (Å²) in [5, 5.41) is 10.00. The third-order valence-electron chi connectivity index (χ3n) is 9.22. The molecule has 0 bridgehead atoms. The van der Waals surface area contributed by atoms with Crippen molar-refractivity contribution in [3.05, 3.63) is 158 Å². The Bertz CT molecular complexity index is 2000. The standard InChI is InChI=1S/C38H31N3O3S/c42-35-30-18-19-32(39-36(30)41(29-16-17-29)24-31(35)37(43)44)34-22-25-23-40(21-20-33(25)45-34)38(26-10-4-1-5-11-26,27-12-6-2-7-13-27)28-14-8-3-9-15-28/h1-15,18-19,22,24,29H,16-17,20-21,23H2,(H,43,44). The van der Waals surface area contributed by atoms with Crippen LogP contribution >= 0.6 is 11.3 Å². The monoisotopic (exact) mass is 609 g/mol. The van der Waals surface area contributed by atoms with E-state index in [4.69, 9.17) is 4.98 Å². The van der Waals surface area contributed by atoms with Crippen LogP contribution in [0.4, 0.5) is 0 Å². The van der Waals surface area contributed by atoms with E-state index in [1.165, 1.54) is 33.3 Å². The van der Waals surface area contributed by atoms with Gasteiger partial charge in [0.05, 0.1) is 21.5 Å². The van der Waals surface area contributed by atoms with Crippen LogP contribution in [0, 0.1) is 0 Å². The Morgan fingerprint density at radius 3 is 2.00 bits per heavy atom. The molecule has 7 heteroatoms. The maximum atomic E-state index is 13.0. The Morgan fingerprint density at radius 2 is 1.44 bits per heavy atom. The van der Waals surface area contributed by atoms with Crippen molar-refractivity contribution >= 4 is 28.3 Å². The van der Waals surface area contributed by atoms with Crippen LogP contribution in [0.5, 0.6) is 0 Å². The first-order chi connectivity index (χ1) is 22.0. The van der Waals surface area contributed by atoms with Crippen LogP contribution in [0.1, 0.15) is 56.4 Å². The number of rotatable bonds is 7. The minimum Gasteiger partial charge on any atom is -0.477 e. The Hall–Kier alpha value is -4.85. The van der Waals surface area contributed by atoms with Gasteiger partial charge in [0.15, 0.2) is 0 Å². The van der Waals surface area contributed by atoms with E-state index in [1.54, 1.807) is 17.4 Å². The second-order valence-corrected chi connectivity index (χ2v) is 13.1. The number of pyridine rings is 2. The molecule has 0 unspecified atom stereocenters. The van der Waals surface area contributed by atoms with Gasteiger partial charge in [-0.05, 0) is 59.7 Å². The maximum absolute atomic E-state index is 13.0. The number of aromatic carboxylic acids is 1. The quantitative estimate of drug-likeness (QED) is 0.190. The predicted octanol–water partition coefficient (Wildman–Crippen LogP) is 7.51. The largest absolute Gasteiger partial charge is 0.477 e. The van der Waals surface area contributed by atoms with Crippen LogP contribution in [0.15, 0.2) is 120 Å². The molecule has 0 radical (unpaired) electrons. The van der Waals surface area contributed by atoms with Gasteiger partial charge in [0.25, 0.3) is 0 Å². The lowest BCUT2D eigenvalue weighted by Crippen LogP contribution is -2.49. The number of hydrogen-bond donors (Lipinski definition) is 1. The summed E-state index contributed by atoms with van der Waals surface area (Å²) in [6.07, 6.45) is 4.31. The van der Waals surface area contributed by atoms with E-state index in [0.29, 0.717) is 11.0 Å². The molecule has 4 heterocycles. The fourth-order valence-electron chi connectivity index (χ4n) is 6.98. The van der Waals surface area contributed by atoms with E-state index in [9.17, 15) is 14.7 Å². The molecule has 1 aliphatic carbocycles. The molecule has 3 aromatic carbocycles. The number of carbonyl (C=O) groups is 1. The van der Waals surface area contributed by atoms with Crippen LogP contribution < -0.4 is 5.43 Å². The van der Waals surface area contributed by atoms with Crippen LogP contribution in [-0.2, 0) is 18.5 Å². The zero-order valence-electron chi connectivity index (χ0n) is 24.6. The minimum absolute atomic E-state index is 0.182. The smallest absolute Gasteiger partial charge is 0.341 e. The third-order valence-corrected chi connectivity index (χ3v) is 10.5. The minimum atomic E-state index is -1.20. The van der Waals surface area contributed by atoms with E-state index >= 15 is 0 Å². The first kappa shape index (κ1) is 27.7. The highest BCUT2D eigenvalue weighted by Gasteiger charge is 2.43. The summed E-state index contributed by atoms with van der Waals surface area (Å²) < 4.78 is 1.90. The number of thiophene rings is 1. The van der Waals surface area contributed by atoms with E-state index in [-0.39, 0.29) is 11.6 Å². The summed E-state index contributed by atoms with van der Waals surface area (Å²) in [7, 11) is 0. The fourth-order valence-corrected chi connectivity index (χ4v) is 8.11. The Kier molecular flexibility index (Phi) is 6.73. The molecule has 0 saturated heterocycles. The van der Waals surface area contributed by atoms with Crippen LogP contribution in [0.2, 0.25) is 0 Å². The molecule has 2 aliphatic rings. The highest BCUT2D eigenvalue weighted by molar-refractivity contribution is 7.15. The van der Waals surface area contributed by atoms with Crippen LogP contribution in [0.3, 0.4) is 0 Å². The molecule has 8 rings (SSSR count). The Labute approximate surface area is 264 Å². The lowest BCUT2D eigenvalue weighted by atomic mass is 9.74. The first-order valence-electron chi connectivity index (χ1n) is 15.4. The van der Waals surface area contributed by atoms with Crippen molar-refractivity contribution in [1.82, 2.24) is 14.5 Å². The predicted molar refractivity (Wildman–Crippen MR) is 178 cm³/mol. The molecule has 45 heavy (non-hydrogen) atoms. The molecular weight excluding hydrogens is 579 g/mol. The molecule has 0 spiro atoms. The van der Waals surface area contributed by atoms with Gasteiger partial charge in [0, 0.05) is 30.2 Å². The average Bonchev–Trinajstić information content (AvgIpc) is 3.84. The van der Waals surface area contributed by atoms with Gasteiger partial charge in [0.1, 0.15) is 11.2 Å². The molecule has 3 aromatic heterocycles. The number of hydrogen-bond acceptors (Lipinski definition) is 5. The summed E-state index contributed by atoms with van der Waals surface area (Å²) in [6, 6.07) is 38.5. The molecule has 1 aliphatic heterocycles. The van der Waals surface area contributed by atoms with Crippen LogP contribution in [-0.4, -0.2) is 32.1 Å². The molecule has 1 N–H and O–H groups in total. The van der Waals surface area contributed by atoms with Crippen molar-refractivity contribution in [2.24, 2.45) is 0 Å². The number of carboxylic acids is 1. The van der Waals surface area contributed by atoms with E-state index in [0.717, 1.165) is 42.9 Å². The number of fused-ring (bicyclic) bond motifs is 2. The molecule has 1 fully saturated rings. The molecule has 6 nitrogen and oxygen atoms in total. The molecule has 0 atom stereocenters. The first-order valence-corrected chi connectivity index (χ1v) is 16.2. The summed E-state index contributed by atoms with van der Waals surface area (Å²) in [5.41, 5.74) is 5.20. The summed E-state index contributed by atoms with van der Waals surface area (Å²) >= 11 is 1.77. The van der Waals surface area contributed by atoms with E-state index in [2.05, 4.69) is 102 Å². The van der Waals surface area contributed by atoms with Crippen molar-refractivity contribution in [2.45, 2.75) is 37.4 Å². The van der Waals surface area contributed by atoms with Crippen molar-refractivity contribution in [3.63, 3.8) is 0 Å². The normalized spacial score (nSPS) is 15.2. The summed E-state index contributed by atoms with van der Waals surface area (Å²) in [4.78, 5) is 34.8. The molecule has 0 amide bonds. The molecular formula is C38H31N3O3S. The molecule has 1 saturated carbocycles. The van der Waals surface area contributed by atoms with Crippen molar-refractivity contribution < 1.29 is 9.90 Å². The van der Waals surface area contributed by atoms with Gasteiger partial charge in [-0.1, -0.05) is 91.0 Å². The van der Waals surface area contributed by atoms with E-state index in [1.807, 2.05) is 10.6 Å². The SMILES string of the molecule is O=C(O)c1cn(C2CC2)c2nc(-c3cc4c(s3)CCN(C(c3ccccc3)(c3ccccc3)c3ccccc3)C4)ccc2c1=O. The lowest BCUT2D eigenvalue weighted by molar-refractivity contribution is 0.0695. The zero-order valence-corrected chi connectivity index (χ0v) is 25.4. The molecule has 222 valence electrons. The number of nitrogens with zero attached hydrogens (tertiary/aromatic N) is 3. The van der Waals surface area contributed by atoms with Crippen molar-refractivity contribution in [1.29, 1.82) is 0 Å². The summed E-state index contributed by atoms with van der Waals surface area (Å²) in [6.45, 7) is 1.66. The Balaban J connectivity index is 1.23. The van der Waals surface area contributed by atoms with Gasteiger partial charge in [0.2, 0.25) is 5.43 Å². The maximum Gasteiger partial charge on any atom is 0.341 e. The average molecular weight is 610 g/mol. The van der Waals surface area contributed by atoms with Gasteiger partial charge in [-0.25, -0.2) is 9.78 Å². The Morgan fingerprint density at radius 1 is 0.844 bits per heavy atom.